The zero-order valence-electron chi connectivity index (χ0n) is 14.8. The maximum Gasteiger partial charge on any atom is 0.409 e. The van der Waals surface area contributed by atoms with E-state index in [4.69, 9.17) is 4.74 Å². The second-order valence-electron chi connectivity index (χ2n) is 7.30. The number of piperidine rings is 1. The first-order chi connectivity index (χ1) is 10.9. The summed E-state index contributed by atoms with van der Waals surface area (Å²) in [5.41, 5.74) is 0.155. The van der Waals surface area contributed by atoms with Crippen LogP contribution in [0.2, 0.25) is 0 Å². The molecule has 1 N–H and O–H groups in total. The van der Waals surface area contributed by atoms with Crippen LogP contribution in [0.1, 0.15) is 40.5 Å². The summed E-state index contributed by atoms with van der Waals surface area (Å²) in [6.45, 7) is 11.5. The molecular weight excluding hydrogens is 292 g/mol. The monoisotopic (exact) mass is 322 g/mol. The number of ether oxygens (including phenoxy) is 1. The molecule has 1 atom stereocenters. The SMILES string of the molecule is CCOC(=O)N1CCC(NC(Cn2ccnc2)C(C)(C)C)CC1. The molecule has 1 aromatic heterocycles. The first-order valence-corrected chi connectivity index (χ1v) is 8.53. The molecule has 0 radical (unpaired) electrons. The molecule has 6 nitrogen and oxygen atoms in total. The third-order valence-corrected chi connectivity index (χ3v) is 4.46. The van der Waals surface area contributed by atoms with E-state index in [9.17, 15) is 4.79 Å². The topological polar surface area (TPSA) is 59.4 Å². The van der Waals surface area contributed by atoms with E-state index >= 15 is 0 Å². The first-order valence-electron chi connectivity index (χ1n) is 8.53. The normalized spacial score (nSPS) is 18.0. The van der Waals surface area contributed by atoms with Gasteiger partial charge in [-0.05, 0) is 25.2 Å². The fourth-order valence-corrected chi connectivity index (χ4v) is 2.91. The Bertz CT molecular complexity index is 473. The van der Waals surface area contributed by atoms with Crippen molar-refractivity contribution in [1.82, 2.24) is 19.8 Å². The van der Waals surface area contributed by atoms with E-state index in [0.29, 0.717) is 18.7 Å². The number of carbonyl (C=O) groups excluding carboxylic acids is 1. The van der Waals surface area contributed by atoms with Crippen molar-refractivity contribution >= 4 is 6.09 Å². The molecule has 0 bridgehead atoms. The lowest BCUT2D eigenvalue weighted by Crippen LogP contribution is -2.52. The van der Waals surface area contributed by atoms with Gasteiger partial charge in [0.15, 0.2) is 0 Å². The molecule has 1 unspecified atom stereocenters. The van der Waals surface area contributed by atoms with Crippen molar-refractivity contribution in [2.45, 2.75) is 59.2 Å². The van der Waals surface area contributed by atoms with Crippen LogP contribution >= 0.6 is 0 Å². The maximum absolute atomic E-state index is 11.8. The van der Waals surface area contributed by atoms with E-state index in [1.165, 1.54) is 0 Å². The van der Waals surface area contributed by atoms with Gasteiger partial charge in [-0.15, -0.1) is 0 Å². The highest BCUT2D eigenvalue weighted by molar-refractivity contribution is 5.67. The molecule has 2 rings (SSSR count). The molecule has 1 saturated heterocycles. The Labute approximate surface area is 139 Å². The summed E-state index contributed by atoms with van der Waals surface area (Å²) in [6.07, 6.45) is 7.44. The molecule has 0 aromatic carbocycles. The van der Waals surface area contributed by atoms with Crippen molar-refractivity contribution in [3.05, 3.63) is 18.7 Å². The van der Waals surface area contributed by atoms with E-state index in [-0.39, 0.29) is 11.5 Å². The molecule has 6 heteroatoms. The van der Waals surface area contributed by atoms with E-state index in [1.807, 2.05) is 30.5 Å². The number of rotatable bonds is 5. The van der Waals surface area contributed by atoms with Crippen LogP contribution in [-0.4, -0.2) is 52.3 Å². The minimum atomic E-state index is -0.184. The zero-order valence-corrected chi connectivity index (χ0v) is 14.8. The minimum Gasteiger partial charge on any atom is -0.450 e. The van der Waals surface area contributed by atoms with Crippen molar-refractivity contribution in [3.63, 3.8) is 0 Å². The number of likely N-dealkylation sites (tertiary alicyclic amines) is 1. The first kappa shape index (κ1) is 17.8. The molecule has 1 aliphatic heterocycles. The van der Waals surface area contributed by atoms with Gasteiger partial charge in [0.05, 0.1) is 12.9 Å². The standard InChI is InChI=1S/C17H30N4O2/c1-5-23-16(22)21-9-6-14(7-10-21)19-15(17(2,3)4)12-20-11-8-18-13-20/h8,11,13-15,19H,5-7,9-10,12H2,1-4H3. The number of imidazole rings is 1. The lowest BCUT2D eigenvalue weighted by molar-refractivity contribution is 0.0911. The van der Waals surface area contributed by atoms with Gasteiger partial charge in [-0.2, -0.15) is 0 Å². The van der Waals surface area contributed by atoms with Crippen LogP contribution in [0.15, 0.2) is 18.7 Å². The highest BCUT2D eigenvalue weighted by Crippen LogP contribution is 2.23. The minimum absolute atomic E-state index is 0.155. The number of hydrogen-bond donors (Lipinski definition) is 1. The van der Waals surface area contributed by atoms with Gasteiger partial charge >= 0.3 is 6.09 Å². The van der Waals surface area contributed by atoms with E-state index in [2.05, 4.69) is 35.6 Å². The number of amides is 1. The summed E-state index contributed by atoms with van der Waals surface area (Å²) in [5.74, 6) is 0. The van der Waals surface area contributed by atoms with Crippen molar-refractivity contribution in [2.75, 3.05) is 19.7 Å². The summed E-state index contributed by atoms with van der Waals surface area (Å²) in [5, 5.41) is 3.80. The Morgan fingerprint density at radius 1 is 1.39 bits per heavy atom. The molecule has 23 heavy (non-hydrogen) atoms. The predicted molar refractivity (Wildman–Crippen MR) is 90.2 cm³/mol. The van der Waals surface area contributed by atoms with Crippen LogP contribution in [-0.2, 0) is 11.3 Å². The average molecular weight is 322 g/mol. The summed E-state index contributed by atoms with van der Waals surface area (Å²) in [6, 6.07) is 0.796. The molecule has 0 spiro atoms. The summed E-state index contributed by atoms with van der Waals surface area (Å²) < 4.78 is 7.20. The van der Waals surface area contributed by atoms with Crippen molar-refractivity contribution in [2.24, 2.45) is 5.41 Å². The van der Waals surface area contributed by atoms with Gasteiger partial charge < -0.3 is 19.5 Å². The highest BCUT2D eigenvalue weighted by Gasteiger charge is 2.30. The van der Waals surface area contributed by atoms with Crippen LogP contribution in [0, 0.1) is 5.41 Å². The van der Waals surface area contributed by atoms with Gasteiger partial charge in [0.25, 0.3) is 0 Å². The van der Waals surface area contributed by atoms with Crippen LogP contribution in [0.25, 0.3) is 0 Å². The summed E-state index contributed by atoms with van der Waals surface area (Å²) in [7, 11) is 0. The molecule has 1 fully saturated rings. The lowest BCUT2D eigenvalue weighted by Gasteiger charge is -2.38. The van der Waals surface area contributed by atoms with Gasteiger partial charge in [-0.25, -0.2) is 9.78 Å². The van der Waals surface area contributed by atoms with E-state index < -0.39 is 0 Å². The Morgan fingerprint density at radius 3 is 2.61 bits per heavy atom. The summed E-state index contributed by atoms with van der Waals surface area (Å²) >= 11 is 0. The molecule has 1 aliphatic rings. The third kappa shape index (κ3) is 5.23. The molecule has 2 heterocycles. The molecular formula is C17H30N4O2. The fourth-order valence-electron chi connectivity index (χ4n) is 2.91. The smallest absolute Gasteiger partial charge is 0.409 e. The zero-order chi connectivity index (χ0) is 16.9. The molecule has 0 saturated carbocycles. The molecule has 1 aromatic rings. The number of nitrogens with zero attached hydrogens (tertiary/aromatic N) is 3. The van der Waals surface area contributed by atoms with Crippen molar-refractivity contribution < 1.29 is 9.53 Å². The van der Waals surface area contributed by atoms with E-state index in [0.717, 1.165) is 32.5 Å². The van der Waals surface area contributed by atoms with Gasteiger partial charge in [0, 0.05) is 44.1 Å². The molecule has 130 valence electrons. The largest absolute Gasteiger partial charge is 0.450 e. The number of nitrogens with one attached hydrogen (secondary N) is 1. The van der Waals surface area contributed by atoms with Crippen LogP contribution in [0.5, 0.6) is 0 Å². The second-order valence-corrected chi connectivity index (χ2v) is 7.30. The highest BCUT2D eigenvalue weighted by atomic mass is 16.6. The number of hydrogen-bond acceptors (Lipinski definition) is 4. The lowest BCUT2D eigenvalue weighted by atomic mass is 9.85. The van der Waals surface area contributed by atoms with Crippen molar-refractivity contribution in [1.29, 1.82) is 0 Å². The van der Waals surface area contributed by atoms with Gasteiger partial charge in [-0.1, -0.05) is 20.8 Å². The summed E-state index contributed by atoms with van der Waals surface area (Å²) in [4.78, 5) is 17.7. The molecule has 0 aliphatic carbocycles. The van der Waals surface area contributed by atoms with Gasteiger partial charge in [-0.3, -0.25) is 0 Å². The van der Waals surface area contributed by atoms with Crippen LogP contribution in [0.3, 0.4) is 0 Å². The van der Waals surface area contributed by atoms with Crippen LogP contribution in [0.4, 0.5) is 4.79 Å². The Morgan fingerprint density at radius 2 is 2.09 bits per heavy atom. The number of aromatic nitrogens is 2. The third-order valence-electron chi connectivity index (χ3n) is 4.46. The van der Waals surface area contributed by atoms with E-state index in [1.54, 1.807) is 0 Å². The number of carbonyl (C=O) groups is 1. The Balaban J connectivity index is 1.87. The second kappa shape index (κ2) is 7.81. The predicted octanol–water partition coefficient (Wildman–Crippen LogP) is 2.51. The van der Waals surface area contributed by atoms with Gasteiger partial charge in [0.1, 0.15) is 0 Å². The average Bonchev–Trinajstić information content (AvgIpc) is 3.00. The quantitative estimate of drug-likeness (QED) is 0.905. The Hall–Kier alpha value is -1.56. The molecule has 1 amide bonds. The fraction of sp³-hybridized carbons (Fsp3) is 0.765. The maximum atomic E-state index is 11.8. The van der Waals surface area contributed by atoms with Crippen LogP contribution < -0.4 is 5.32 Å². The van der Waals surface area contributed by atoms with Crippen molar-refractivity contribution in [3.8, 4) is 0 Å². The Kier molecular flexibility index (Phi) is 6.04. The van der Waals surface area contributed by atoms with Gasteiger partial charge in [0.2, 0.25) is 0 Å².